The number of halogens is 4. The number of hydrogen-bond donors (Lipinski definition) is 3. The molecule has 3 aromatic rings. The lowest BCUT2D eigenvalue weighted by molar-refractivity contribution is -0.126. The minimum Gasteiger partial charge on any atom is -0.495 e. The van der Waals surface area contributed by atoms with Gasteiger partial charge in [-0.25, -0.2) is 13.4 Å². The molecule has 7 nitrogen and oxygen atoms in total. The first-order valence-electron chi connectivity index (χ1n) is 13.4. The summed E-state index contributed by atoms with van der Waals surface area (Å²) in [5, 5.41) is 6.42. The topological polar surface area (TPSA) is 86.7 Å². The van der Waals surface area contributed by atoms with Crippen molar-refractivity contribution in [1.82, 2.24) is 4.90 Å². The second-order valence-corrected chi connectivity index (χ2v) is 13.8. The SMILES string of the molecule is COc1cc([S@@](=N)(=O)C2COC2)ccc1NCC#Cc1sc2c(N[C@H]3CCN(C)C[C@H]3F)cccc2c1CC(F)(F)F. The van der Waals surface area contributed by atoms with Crippen LogP contribution in [0.25, 0.3) is 10.1 Å². The Bertz CT molecular complexity index is 1610. The number of ether oxygens (including phenoxy) is 2. The fourth-order valence-electron chi connectivity index (χ4n) is 5.05. The first-order valence-corrected chi connectivity index (χ1v) is 15.9. The maximum absolute atomic E-state index is 14.7. The third-order valence-electron chi connectivity index (χ3n) is 7.45. The first-order chi connectivity index (χ1) is 20.0. The molecule has 3 atom stereocenters. The summed E-state index contributed by atoms with van der Waals surface area (Å²) in [7, 11) is 0.272. The van der Waals surface area contributed by atoms with Gasteiger partial charge in [0.25, 0.3) is 0 Å². The quantitative estimate of drug-likeness (QED) is 0.219. The highest BCUT2D eigenvalue weighted by Gasteiger charge is 2.33. The van der Waals surface area contributed by atoms with Crippen LogP contribution in [-0.2, 0) is 20.9 Å². The predicted molar refractivity (Wildman–Crippen MR) is 158 cm³/mol. The molecule has 3 heterocycles. The van der Waals surface area contributed by atoms with Crippen molar-refractivity contribution in [3.63, 3.8) is 0 Å². The molecule has 2 aliphatic heterocycles. The number of fused-ring (bicyclic) bond motifs is 1. The van der Waals surface area contributed by atoms with Crippen molar-refractivity contribution < 1.29 is 31.2 Å². The van der Waals surface area contributed by atoms with Crippen LogP contribution in [0.2, 0.25) is 0 Å². The fourth-order valence-corrected chi connectivity index (χ4v) is 7.73. The molecule has 2 aromatic carbocycles. The van der Waals surface area contributed by atoms with E-state index in [0.717, 1.165) is 6.54 Å². The highest BCUT2D eigenvalue weighted by molar-refractivity contribution is 7.93. The van der Waals surface area contributed by atoms with Crippen LogP contribution in [0.5, 0.6) is 5.75 Å². The number of rotatable bonds is 8. The minimum absolute atomic E-state index is 0.103. The fraction of sp³-hybridized carbons (Fsp3) is 0.448. The van der Waals surface area contributed by atoms with E-state index in [1.807, 2.05) is 11.9 Å². The van der Waals surface area contributed by atoms with Crippen molar-refractivity contribution in [2.75, 3.05) is 57.6 Å². The Morgan fingerprint density at radius 3 is 2.69 bits per heavy atom. The van der Waals surface area contributed by atoms with Crippen LogP contribution in [0.3, 0.4) is 0 Å². The molecule has 226 valence electrons. The van der Waals surface area contributed by atoms with Crippen LogP contribution < -0.4 is 15.4 Å². The van der Waals surface area contributed by atoms with Gasteiger partial charge < -0.3 is 25.0 Å². The van der Waals surface area contributed by atoms with Crippen LogP contribution >= 0.6 is 11.3 Å². The highest BCUT2D eigenvalue weighted by atomic mass is 32.2. The molecular weight excluding hydrogens is 592 g/mol. The number of nitrogens with zero attached hydrogens (tertiary/aromatic N) is 1. The van der Waals surface area contributed by atoms with Crippen molar-refractivity contribution >= 4 is 42.5 Å². The summed E-state index contributed by atoms with van der Waals surface area (Å²) in [6.45, 7) is 1.69. The van der Waals surface area contributed by atoms with Crippen LogP contribution in [-0.4, -0.2) is 79.8 Å². The van der Waals surface area contributed by atoms with Crippen molar-refractivity contribution in [2.45, 2.75) is 41.4 Å². The predicted octanol–water partition coefficient (Wildman–Crippen LogP) is 5.74. The Balaban J connectivity index is 1.37. The number of likely N-dealkylation sites (tertiary alicyclic amines) is 1. The van der Waals surface area contributed by atoms with Crippen LogP contribution in [0.15, 0.2) is 41.3 Å². The number of methoxy groups -OCH3 is 1. The van der Waals surface area contributed by atoms with Crippen LogP contribution in [0.1, 0.15) is 16.9 Å². The standard InChI is InChI=1S/C29H32F4N4O3S2/c1-37-12-10-23(22(30)15-37)36-25-6-3-5-20-21(14-29(31,32)33)27(41-28(20)25)7-4-11-35-24-9-8-18(13-26(24)39-2)42(34,38)19-16-40-17-19/h3,5-6,8-9,13,19,22-23,34-36H,10-12,14-17H2,1-2H3/t22-,23+,42-/m1/s1. The Labute approximate surface area is 246 Å². The summed E-state index contributed by atoms with van der Waals surface area (Å²) in [5.74, 6) is 6.20. The number of hydrogen-bond acceptors (Lipinski definition) is 8. The van der Waals surface area contributed by atoms with Crippen LogP contribution in [0, 0.1) is 16.6 Å². The molecule has 0 bridgehead atoms. The van der Waals surface area contributed by atoms with Crippen molar-refractivity contribution in [1.29, 1.82) is 4.78 Å². The van der Waals surface area contributed by atoms with Gasteiger partial charge in [-0.3, -0.25) is 0 Å². The van der Waals surface area contributed by atoms with Crippen LogP contribution in [0.4, 0.5) is 28.9 Å². The Morgan fingerprint density at radius 1 is 1.24 bits per heavy atom. The highest BCUT2D eigenvalue weighted by Crippen LogP contribution is 2.39. The first kappa shape index (κ1) is 30.4. The lowest BCUT2D eigenvalue weighted by Crippen LogP contribution is -2.46. The molecule has 0 unspecified atom stereocenters. The summed E-state index contributed by atoms with van der Waals surface area (Å²) in [5.41, 5.74) is 1.26. The van der Waals surface area contributed by atoms with Crippen molar-refractivity contribution in [3.8, 4) is 17.6 Å². The van der Waals surface area contributed by atoms with Gasteiger partial charge in [0.05, 0.1) is 80.2 Å². The molecule has 0 saturated carbocycles. The lowest BCUT2D eigenvalue weighted by atomic mass is 10.0. The third kappa shape index (κ3) is 6.62. The number of nitrogens with one attached hydrogen (secondary N) is 3. The molecule has 0 radical (unpaired) electrons. The van der Waals surface area contributed by atoms with E-state index >= 15 is 0 Å². The summed E-state index contributed by atoms with van der Waals surface area (Å²) in [4.78, 5) is 2.56. The van der Waals surface area contributed by atoms with Gasteiger partial charge in [0.2, 0.25) is 0 Å². The van der Waals surface area contributed by atoms with E-state index in [1.54, 1.807) is 36.4 Å². The van der Waals surface area contributed by atoms with Gasteiger partial charge in [-0.1, -0.05) is 24.0 Å². The van der Waals surface area contributed by atoms with E-state index in [9.17, 15) is 21.8 Å². The molecule has 3 N–H and O–H groups in total. The van der Waals surface area contributed by atoms with Gasteiger partial charge in [0.1, 0.15) is 11.9 Å². The van der Waals surface area contributed by atoms with Crippen molar-refractivity contribution in [3.05, 3.63) is 46.8 Å². The van der Waals surface area contributed by atoms with Gasteiger partial charge in [0, 0.05) is 13.1 Å². The van der Waals surface area contributed by atoms with Gasteiger partial charge in [-0.2, -0.15) is 13.2 Å². The molecule has 1 aromatic heterocycles. The zero-order valence-corrected chi connectivity index (χ0v) is 24.8. The van der Waals surface area contributed by atoms with Gasteiger partial charge in [0.15, 0.2) is 0 Å². The summed E-state index contributed by atoms with van der Waals surface area (Å²) >= 11 is 1.17. The molecule has 13 heteroatoms. The summed E-state index contributed by atoms with van der Waals surface area (Å²) < 4.78 is 87.8. The largest absolute Gasteiger partial charge is 0.495 e. The number of piperidine rings is 1. The Kier molecular flexibility index (Phi) is 8.89. The molecule has 5 rings (SSSR count). The Morgan fingerprint density at radius 2 is 2.02 bits per heavy atom. The number of alkyl halides is 4. The monoisotopic (exact) mass is 624 g/mol. The average Bonchev–Trinajstić information content (AvgIpc) is 3.23. The molecule has 2 aliphatic rings. The molecule has 0 amide bonds. The molecule has 2 fully saturated rings. The van der Waals surface area contributed by atoms with E-state index in [-0.39, 0.29) is 30.6 Å². The van der Waals surface area contributed by atoms with Crippen molar-refractivity contribution in [2.24, 2.45) is 0 Å². The third-order valence-corrected chi connectivity index (χ3v) is 10.8. The lowest BCUT2D eigenvalue weighted by Gasteiger charge is -2.33. The number of thiophene rings is 1. The van der Waals surface area contributed by atoms with Gasteiger partial charge in [-0.05, 0) is 48.7 Å². The normalized spacial score (nSPS) is 21.2. The smallest absolute Gasteiger partial charge is 0.393 e. The van der Waals surface area contributed by atoms with E-state index < -0.39 is 34.5 Å². The van der Waals surface area contributed by atoms with E-state index in [4.69, 9.17) is 14.3 Å². The Hall–Kier alpha value is -3.05. The van der Waals surface area contributed by atoms with E-state index in [2.05, 4.69) is 22.5 Å². The van der Waals surface area contributed by atoms with E-state index in [0.29, 0.717) is 49.9 Å². The zero-order chi connectivity index (χ0) is 30.1. The van der Waals surface area contributed by atoms with E-state index in [1.165, 1.54) is 18.4 Å². The van der Waals surface area contributed by atoms with Gasteiger partial charge in [-0.15, -0.1) is 11.3 Å². The second-order valence-electron chi connectivity index (χ2n) is 10.5. The molecular formula is C29H32F4N4O3S2. The maximum atomic E-state index is 14.7. The maximum Gasteiger partial charge on any atom is 0.393 e. The summed E-state index contributed by atoms with van der Waals surface area (Å²) in [6, 6.07) is 9.47. The van der Waals surface area contributed by atoms with Gasteiger partial charge >= 0.3 is 6.18 Å². The molecule has 0 aliphatic carbocycles. The number of anilines is 2. The molecule has 0 spiro atoms. The summed E-state index contributed by atoms with van der Waals surface area (Å²) in [6.07, 6.45) is -6.06. The zero-order valence-electron chi connectivity index (χ0n) is 23.1. The molecule has 42 heavy (non-hydrogen) atoms. The minimum atomic E-state index is -4.43. The second kappa shape index (κ2) is 12.3. The molecule has 2 saturated heterocycles. The average molecular weight is 625 g/mol. The number of benzene rings is 2.